The first-order valence-corrected chi connectivity index (χ1v) is 6.42. The maximum absolute atomic E-state index is 13.0. The molecule has 1 amide bonds. The highest BCUT2D eigenvalue weighted by molar-refractivity contribution is 6.31. The highest BCUT2D eigenvalue weighted by Crippen LogP contribution is 2.31. The van der Waals surface area contributed by atoms with Gasteiger partial charge in [0.2, 0.25) is 5.91 Å². The third-order valence-electron chi connectivity index (χ3n) is 2.99. The number of amides is 1. The molecule has 2 aromatic carbocycles. The molecule has 1 N–H and O–H groups in total. The monoisotopic (exact) mass is 288 g/mol. The number of aliphatic imine (C=N–C) groups is 1. The molecule has 0 saturated carbocycles. The Labute approximate surface area is 120 Å². The summed E-state index contributed by atoms with van der Waals surface area (Å²) >= 11 is 5.91. The van der Waals surface area contributed by atoms with Crippen molar-refractivity contribution in [2.24, 2.45) is 4.99 Å². The van der Waals surface area contributed by atoms with Crippen molar-refractivity contribution < 1.29 is 9.18 Å². The van der Waals surface area contributed by atoms with E-state index in [1.54, 1.807) is 30.3 Å². The quantitative estimate of drug-likeness (QED) is 0.848. The molecule has 0 spiro atoms. The van der Waals surface area contributed by atoms with Gasteiger partial charge in [-0.3, -0.25) is 9.79 Å². The number of carbonyl (C=O) groups is 1. The maximum atomic E-state index is 13.0. The summed E-state index contributed by atoms with van der Waals surface area (Å²) in [5, 5.41) is 3.29. The Bertz CT molecular complexity index is 710. The lowest BCUT2D eigenvalue weighted by molar-refractivity contribution is -0.115. The van der Waals surface area contributed by atoms with E-state index in [1.165, 1.54) is 12.1 Å². The van der Waals surface area contributed by atoms with Gasteiger partial charge in [0.1, 0.15) is 5.82 Å². The predicted octanol–water partition coefficient (Wildman–Crippen LogP) is 3.94. The second-order valence-electron chi connectivity index (χ2n) is 4.45. The van der Waals surface area contributed by atoms with Gasteiger partial charge in [-0.15, -0.1) is 0 Å². The highest BCUT2D eigenvalue weighted by Gasteiger charge is 2.17. The number of hydrogen-bond acceptors (Lipinski definition) is 2. The molecule has 20 heavy (non-hydrogen) atoms. The zero-order valence-electron chi connectivity index (χ0n) is 10.4. The van der Waals surface area contributed by atoms with E-state index in [1.807, 2.05) is 0 Å². The van der Waals surface area contributed by atoms with Crippen molar-refractivity contribution >= 4 is 34.6 Å². The predicted molar refractivity (Wildman–Crippen MR) is 77.3 cm³/mol. The van der Waals surface area contributed by atoms with E-state index in [9.17, 15) is 9.18 Å². The molecule has 0 saturated heterocycles. The Morgan fingerprint density at radius 2 is 1.90 bits per heavy atom. The number of carbonyl (C=O) groups excluding carboxylic acids is 1. The van der Waals surface area contributed by atoms with Crippen LogP contribution in [-0.4, -0.2) is 11.6 Å². The van der Waals surface area contributed by atoms with Crippen molar-refractivity contribution in [1.29, 1.82) is 0 Å². The summed E-state index contributed by atoms with van der Waals surface area (Å²) in [5.74, 6) is -0.492. The Morgan fingerprint density at radius 3 is 2.65 bits per heavy atom. The first-order valence-electron chi connectivity index (χ1n) is 6.05. The van der Waals surface area contributed by atoms with Crippen molar-refractivity contribution in [3.05, 3.63) is 58.9 Å². The van der Waals surface area contributed by atoms with Crippen LogP contribution in [0.25, 0.3) is 0 Å². The molecule has 5 heteroatoms. The zero-order valence-corrected chi connectivity index (χ0v) is 11.1. The minimum absolute atomic E-state index is 0.137. The van der Waals surface area contributed by atoms with Gasteiger partial charge >= 0.3 is 0 Å². The smallest absolute Gasteiger partial charge is 0.230 e. The summed E-state index contributed by atoms with van der Waals surface area (Å²) < 4.78 is 13.0. The SMILES string of the molecule is O=C1CC(c2ccc(F)cc2)=Nc2ccc(Cl)cc2N1. The van der Waals surface area contributed by atoms with Gasteiger partial charge in [-0.25, -0.2) is 4.39 Å². The number of benzene rings is 2. The summed E-state index contributed by atoms with van der Waals surface area (Å²) in [6.45, 7) is 0. The molecule has 0 atom stereocenters. The number of anilines is 1. The summed E-state index contributed by atoms with van der Waals surface area (Å²) in [4.78, 5) is 16.4. The average molecular weight is 289 g/mol. The van der Waals surface area contributed by atoms with Crippen molar-refractivity contribution in [2.45, 2.75) is 6.42 Å². The molecule has 0 bridgehead atoms. The first kappa shape index (κ1) is 12.8. The van der Waals surface area contributed by atoms with E-state index in [4.69, 9.17) is 11.6 Å². The topological polar surface area (TPSA) is 41.5 Å². The fourth-order valence-electron chi connectivity index (χ4n) is 2.05. The molecule has 0 radical (unpaired) electrons. The van der Waals surface area contributed by atoms with Gasteiger partial charge in [0, 0.05) is 5.02 Å². The Balaban J connectivity index is 2.08. The summed E-state index contributed by atoms with van der Waals surface area (Å²) in [7, 11) is 0. The lowest BCUT2D eigenvalue weighted by Gasteiger charge is -2.03. The van der Waals surface area contributed by atoms with Crippen molar-refractivity contribution in [3.63, 3.8) is 0 Å². The van der Waals surface area contributed by atoms with Gasteiger partial charge in [-0.2, -0.15) is 0 Å². The van der Waals surface area contributed by atoms with Crippen molar-refractivity contribution in [3.8, 4) is 0 Å². The van der Waals surface area contributed by atoms with Crippen LogP contribution in [0.3, 0.4) is 0 Å². The summed E-state index contributed by atoms with van der Waals surface area (Å²) in [6.07, 6.45) is 0.137. The lowest BCUT2D eigenvalue weighted by Crippen LogP contribution is -2.14. The highest BCUT2D eigenvalue weighted by atomic mass is 35.5. The maximum Gasteiger partial charge on any atom is 0.230 e. The number of fused-ring (bicyclic) bond motifs is 1. The van der Waals surface area contributed by atoms with Crippen LogP contribution < -0.4 is 5.32 Å². The van der Waals surface area contributed by atoms with E-state index in [0.29, 0.717) is 22.1 Å². The van der Waals surface area contributed by atoms with Gasteiger partial charge in [-0.1, -0.05) is 23.7 Å². The molecule has 0 unspecified atom stereocenters. The van der Waals surface area contributed by atoms with E-state index >= 15 is 0 Å². The van der Waals surface area contributed by atoms with Crippen LogP contribution >= 0.6 is 11.6 Å². The van der Waals surface area contributed by atoms with E-state index < -0.39 is 0 Å². The molecular formula is C15H10ClFN2O. The minimum atomic E-state index is -0.320. The van der Waals surface area contributed by atoms with Gasteiger partial charge in [0.15, 0.2) is 0 Å². The van der Waals surface area contributed by atoms with Crippen molar-refractivity contribution in [1.82, 2.24) is 0 Å². The van der Waals surface area contributed by atoms with Crippen LogP contribution in [0, 0.1) is 5.82 Å². The molecule has 2 aromatic rings. The van der Waals surface area contributed by atoms with E-state index in [0.717, 1.165) is 5.56 Å². The number of nitrogens with zero attached hydrogens (tertiary/aromatic N) is 1. The van der Waals surface area contributed by atoms with Gasteiger partial charge < -0.3 is 5.32 Å². The second kappa shape index (κ2) is 5.06. The molecule has 1 heterocycles. The van der Waals surface area contributed by atoms with Crippen LogP contribution in [0.2, 0.25) is 5.02 Å². The number of halogens is 2. The minimum Gasteiger partial charge on any atom is -0.324 e. The van der Waals surface area contributed by atoms with Gasteiger partial charge in [0.25, 0.3) is 0 Å². The summed E-state index contributed by atoms with van der Waals surface area (Å²) in [6, 6.07) is 11.0. The number of nitrogens with one attached hydrogen (secondary N) is 1. The third kappa shape index (κ3) is 2.56. The first-order chi connectivity index (χ1) is 9.61. The molecule has 1 aliphatic rings. The Morgan fingerprint density at radius 1 is 1.15 bits per heavy atom. The van der Waals surface area contributed by atoms with Crippen LogP contribution in [-0.2, 0) is 4.79 Å². The number of hydrogen-bond donors (Lipinski definition) is 1. The Kier molecular flexibility index (Phi) is 3.24. The molecule has 3 rings (SSSR count). The fraction of sp³-hybridized carbons (Fsp3) is 0.0667. The average Bonchev–Trinajstić information content (AvgIpc) is 2.57. The zero-order chi connectivity index (χ0) is 14.1. The van der Waals surface area contributed by atoms with Crippen molar-refractivity contribution in [2.75, 3.05) is 5.32 Å². The lowest BCUT2D eigenvalue weighted by atomic mass is 10.1. The third-order valence-corrected chi connectivity index (χ3v) is 3.23. The second-order valence-corrected chi connectivity index (χ2v) is 4.89. The van der Waals surface area contributed by atoms with Crippen LogP contribution in [0.1, 0.15) is 12.0 Å². The molecule has 0 aromatic heterocycles. The van der Waals surface area contributed by atoms with Gasteiger partial charge in [0.05, 0.1) is 23.5 Å². The van der Waals surface area contributed by atoms with E-state index in [2.05, 4.69) is 10.3 Å². The molecule has 0 aliphatic carbocycles. The van der Waals surface area contributed by atoms with E-state index in [-0.39, 0.29) is 18.1 Å². The number of rotatable bonds is 1. The van der Waals surface area contributed by atoms with Crippen LogP contribution in [0.5, 0.6) is 0 Å². The summed E-state index contributed by atoms with van der Waals surface area (Å²) in [5.41, 5.74) is 2.55. The van der Waals surface area contributed by atoms with Gasteiger partial charge in [-0.05, 0) is 35.9 Å². The molecule has 1 aliphatic heterocycles. The van der Waals surface area contributed by atoms with Crippen LogP contribution in [0.4, 0.5) is 15.8 Å². The fourth-order valence-corrected chi connectivity index (χ4v) is 2.22. The molecule has 0 fully saturated rings. The van der Waals surface area contributed by atoms with Crippen LogP contribution in [0.15, 0.2) is 47.5 Å². The normalized spacial score (nSPS) is 14.1. The Hall–Kier alpha value is -2.20. The largest absolute Gasteiger partial charge is 0.324 e. The molecule has 3 nitrogen and oxygen atoms in total. The molecule has 100 valence electrons. The molecular weight excluding hydrogens is 279 g/mol. The standard InChI is InChI=1S/C15H10ClFN2O/c16-10-3-6-12-14(7-10)19-15(20)8-13(18-12)9-1-4-11(17)5-2-9/h1-7H,8H2,(H,19,20).